The molecular weight excluding hydrogens is 344 g/mol. The first-order valence-corrected chi connectivity index (χ1v) is 8.15. The summed E-state index contributed by atoms with van der Waals surface area (Å²) >= 11 is 3.36. The largest absolute Gasteiger partial charge is 0.352 e. The first-order chi connectivity index (χ1) is 10.6. The molecule has 1 saturated heterocycles. The summed E-state index contributed by atoms with van der Waals surface area (Å²) in [4.78, 5) is 25.5. The molecule has 2 rings (SSSR count). The van der Waals surface area contributed by atoms with Crippen molar-refractivity contribution >= 4 is 27.7 Å². The van der Waals surface area contributed by atoms with Crippen molar-refractivity contribution in [1.29, 1.82) is 0 Å². The number of piperidine rings is 1. The van der Waals surface area contributed by atoms with Gasteiger partial charge >= 0.3 is 0 Å². The maximum Gasteiger partial charge on any atom is 0.298 e. The highest BCUT2D eigenvalue weighted by atomic mass is 79.9. The van der Waals surface area contributed by atoms with Crippen LogP contribution < -0.4 is 5.32 Å². The normalized spacial score (nSPS) is 14.9. The molecule has 22 heavy (non-hydrogen) atoms. The highest BCUT2D eigenvalue weighted by Crippen LogP contribution is 2.17. The standard InChI is InChI=1S/C17H19BrN2O2/c1-2-4-16(21)20-9-7-13(8-10-20)12-19-17(22)14-5-3-6-15(18)11-14/h3,5-6,11,13H,7-10,12H2,1H3,(H,19,22). The molecule has 4 nitrogen and oxygen atoms in total. The Morgan fingerprint density at radius 2 is 2.09 bits per heavy atom. The fourth-order valence-electron chi connectivity index (χ4n) is 2.49. The fourth-order valence-corrected chi connectivity index (χ4v) is 2.89. The van der Waals surface area contributed by atoms with Gasteiger partial charge in [-0.05, 0) is 49.8 Å². The van der Waals surface area contributed by atoms with Crippen LogP contribution in [0.15, 0.2) is 28.7 Å². The van der Waals surface area contributed by atoms with Crippen LogP contribution in [0.1, 0.15) is 30.1 Å². The number of likely N-dealkylation sites (tertiary alicyclic amines) is 1. The Bertz CT molecular complexity index is 611. The highest BCUT2D eigenvalue weighted by molar-refractivity contribution is 9.10. The monoisotopic (exact) mass is 362 g/mol. The van der Waals surface area contributed by atoms with Gasteiger partial charge in [-0.15, -0.1) is 0 Å². The van der Waals surface area contributed by atoms with Crippen LogP contribution in [0.3, 0.4) is 0 Å². The van der Waals surface area contributed by atoms with Gasteiger partial charge in [0.1, 0.15) is 0 Å². The van der Waals surface area contributed by atoms with Gasteiger partial charge in [-0.25, -0.2) is 0 Å². The lowest BCUT2D eigenvalue weighted by molar-refractivity contribution is -0.126. The van der Waals surface area contributed by atoms with Crippen LogP contribution in [-0.2, 0) is 4.79 Å². The van der Waals surface area contributed by atoms with Crippen molar-refractivity contribution in [3.05, 3.63) is 34.3 Å². The third kappa shape index (κ3) is 4.60. The van der Waals surface area contributed by atoms with E-state index in [0.29, 0.717) is 31.1 Å². The molecule has 0 saturated carbocycles. The number of halogens is 1. The minimum atomic E-state index is -0.0980. The second kappa shape index (κ2) is 8.00. The smallest absolute Gasteiger partial charge is 0.298 e. The van der Waals surface area contributed by atoms with E-state index in [1.807, 2.05) is 12.1 Å². The summed E-state index contributed by atoms with van der Waals surface area (Å²) in [6.07, 6.45) is 1.80. The Morgan fingerprint density at radius 3 is 2.73 bits per heavy atom. The summed E-state index contributed by atoms with van der Waals surface area (Å²) in [6.45, 7) is 3.74. The van der Waals surface area contributed by atoms with Crippen LogP contribution in [0.25, 0.3) is 0 Å². The molecule has 1 aliphatic rings. The average molecular weight is 363 g/mol. The van der Waals surface area contributed by atoms with Crippen LogP contribution in [-0.4, -0.2) is 36.3 Å². The Labute approximate surface area is 139 Å². The molecule has 0 spiro atoms. The Hall–Kier alpha value is -1.80. The van der Waals surface area contributed by atoms with Crippen molar-refractivity contribution in [2.24, 2.45) is 5.92 Å². The van der Waals surface area contributed by atoms with Gasteiger partial charge < -0.3 is 10.2 Å². The summed E-state index contributed by atoms with van der Waals surface area (Å²) in [5.74, 6) is 5.46. The molecule has 1 heterocycles. The van der Waals surface area contributed by atoms with Crippen molar-refractivity contribution in [3.63, 3.8) is 0 Å². The number of amides is 2. The zero-order valence-corrected chi connectivity index (χ0v) is 14.1. The molecule has 2 amide bonds. The first kappa shape index (κ1) is 16.6. The minimum Gasteiger partial charge on any atom is -0.352 e. The minimum absolute atomic E-state index is 0.0587. The van der Waals surface area contributed by atoms with Gasteiger partial charge in [-0.3, -0.25) is 9.59 Å². The van der Waals surface area contributed by atoms with Crippen molar-refractivity contribution in [1.82, 2.24) is 10.2 Å². The van der Waals surface area contributed by atoms with E-state index in [0.717, 1.165) is 17.3 Å². The third-order valence-electron chi connectivity index (χ3n) is 3.77. The number of nitrogens with one attached hydrogen (secondary N) is 1. The number of rotatable bonds is 3. The molecule has 0 radical (unpaired) electrons. The highest BCUT2D eigenvalue weighted by Gasteiger charge is 2.22. The molecular formula is C17H19BrN2O2. The van der Waals surface area contributed by atoms with Gasteiger partial charge in [0.05, 0.1) is 0 Å². The maximum atomic E-state index is 12.1. The lowest BCUT2D eigenvalue weighted by Gasteiger charge is -2.30. The molecule has 0 unspecified atom stereocenters. The molecule has 0 bridgehead atoms. The topological polar surface area (TPSA) is 49.4 Å². The SMILES string of the molecule is CC#CC(=O)N1CCC(CNC(=O)c2cccc(Br)c2)CC1. The van der Waals surface area contributed by atoms with Crippen molar-refractivity contribution < 1.29 is 9.59 Å². The molecule has 1 aromatic carbocycles. The first-order valence-electron chi connectivity index (χ1n) is 7.35. The van der Waals surface area contributed by atoms with Gasteiger partial charge in [0, 0.05) is 29.7 Å². The molecule has 1 N–H and O–H groups in total. The number of carbonyl (C=O) groups excluding carboxylic acids is 2. The van der Waals surface area contributed by atoms with E-state index in [2.05, 4.69) is 33.1 Å². The van der Waals surface area contributed by atoms with Crippen LogP contribution in [0, 0.1) is 17.8 Å². The van der Waals surface area contributed by atoms with Crippen LogP contribution >= 0.6 is 15.9 Å². The summed E-state index contributed by atoms with van der Waals surface area (Å²) < 4.78 is 0.893. The van der Waals surface area contributed by atoms with Crippen molar-refractivity contribution in [2.45, 2.75) is 19.8 Å². The molecule has 0 aromatic heterocycles. The van der Waals surface area contributed by atoms with E-state index in [1.54, 1.807) is 24.0 Å². The number of nitrogens with zero attached hydrogens (tertiary/aromatic N) is 1. The fraction of sp³-hybridized carbons (Fsp3) is 0.412. The second-order valence-electron chi connectivity index (χ2n) is 5.33. The zero-order chi connectivity index (χ0) is 15.9. The summed E-state index contributed by atoms with van der Waals surface area (Å²) in [7, 11) is 0. The molecule has 0 aliphatic carbocycles. The number of hydrogen-bond acceptors (Lipinski definition) is 2. The molecule has 5 heteroatoms. The number of benzene rings is 1. The predicted octanol–water partition coefficient (Wildman–Crippen LogP) is 2.44. The average Bonchev–Trinajstić information content (AvgIpc) is 2.53. The third-order valence-corrected chi connectivity index (χ3v) is 4.27. The van der Waals surface area contributed by atoms with Crippen LogP contribution in [0.5, 0.6) is 0 Å². The summed E-state index contributed by atoms with van der Waals surface area (Å²) in [6, 6.07) is 7.34. The van der Waals surface area contributed by atoms with E-state index in [-0.39, 0.29) is 11.8 Å². The van der Waals surface area contributed by atoms with Gasteiger partial charge in [-0.1, -0.05) is 27.9 Å². The van der Waals surface area contributed by atoms with Gasteiger partial charge in [0.15, 0.2) is 0 Å². The van der Waals surface area contributed by atoms with Crippen LogP contribution in [0.4, 0.5) is 0 Å². The summed E-state index contributed by atoms with van der Waals surface area (Å²) in [5.41, 5.74) is 0.653. The lowest BCUT2D eigenvalue weighted by Crippen LogP contribution is -2.41. The zero-order valence-electron chi connectivity index (χ0n) is 12.6. The summed E-state index contributed by atoms with van der Waals surface area (Å²) in [5, 5.41) is 2.97. The van der Waals surface area contributed by atoms with E-state index in [9.17, 15) is 9.59 Å². The van der Waals surface area contributed by atoms with Gasteiger partial charge in [-0.2, -0.15) is 0 Å². The quantitative estimate of drug-likeness (QED) is 0.839. The Kier molecular flexibility index (Phi) is 6.02. The van der Waals surface area contributed by atoms with Gasteiger partial charge in [0.2, 0.25) is 0 Å². The molecule has 1 fully saturated rings. The van der Waals surface area contributed by atoms with E-state index in [1.165, 1.54) is 0 Å². The van der Waals surface area contributed by atoms with Crippen molar-refractivity contribution in [3.8, 4) is 11.8 Å². The van der Waals surface area contributed by atoms with E-state index >= 15 is 0 Å². The molecule has 0 atom stereocenters. The van der Waals surface area contributed by atoms with Gasteiger partial charge in [0.25, 0.3) is 11.8 Å². The lowest BCUT2D eigenvalue weighted by atomic mass is 9.96. The number of hydrogen-bond donors (Lipinski definition) is 1. The number of carbonyl (C=O) groups is 2. The Balaban J connectivity index is 1.78. The van der Waals surface area contributed by atoms with E-state index in [4.69, 9.17) is 0 Å². The van der Waals surface area contributed by atoms with E-state index < -0.39 is 0 Å². The molecule has 1 aromatic rings. The maximum absolute atomic E-state index is 12.1. The molecule has 116 valence electrons. The van der Waals surface area contributed by atoms with Crippen molar-refractivity contribution in [2.75, 3.05) is 19.6 Å². The second-order valence-corrected chi connectivity index (χ2v) is 6.25. The predicted molar refractivity (Wildman–Crippen MR) is 89.2 cm³/mol. The Morgan fingerprint density at radius 1 is 1.36 bits per heavy atom. The van der Waals surface area contributed by atoms with Crippen LogP contribution in [0.2, 0.25) is 0 Å². The molecule has 1 aliphatic heterocycles.